The molecule has 0 spiro atoms. The van der Waals surface area contributed by atoms with Crippen molar-refractivity contribution in [2.75, 3.05) is 18.1 Å². The van der Waals surface area contributed by atoms with Crippen molar-refractivity contribution < 1.29 is 13.9 Å². The number of fused-ring (bicyclic) bond motifs is 1. The van der Waals surface area contributed by atoms with Gasteiger partial charge in [-0.1, -0.05) is 19.9 Å². The molecule has 128 valence electrons. The predicted octanol–water partition coefficient (Wildman–Crippen LogP) is 2.67. The molecule has 2 unspecified atom stereocenters. The maximum atomic E-state index is 13.5. The number of carbonyl (C=O) groups excluding carboxylic acids is 1. The minimum absolute atomic E-state index is 0. The number of hydrogen-bond donors (Lipinski definition) is 1. The van der Waals surface area contributed by atoms with E-state index in [4.69, 9.17) is 10.5 Å². The lowest BCUT2D eigenvalue weighted by Gasteiger charge is -2.58. The molecule has 2 atom stereocenters. The fourth-order valence-electron chi connectivity index (χ4n) is 3.60. The lowest BCUT2D eigenvalue weighted by molar-refractivity contribution is -0.168. The van der Waals surface area contributed by atoms with E-state index >= 15 is 0 Å². The Kier molecular flexibility index (Phi) is 4.77. The lowest BCUT2D eigenvalue weighted by atomic mass is 9.54. The maximum absolute atomic E-state index is 13.5. The number of carbonyl (C=O) groups is 1. The van der Waals surface area contributed by atoms with Gasteiger partial charge in [0, 0.05) is 30.7 Å². The third-order valence-electron chi connectivity index (χ3n) is 5.40. The maximum Gasteiger partial charge on any atom is 0.247 e. The molecule has 1 saturated carbocycles. The number of hydrogen-bond acceptors (Lipinski definition) is 3. The van der Waals surface area contributed by atoms with Gasteiger partial charge in [-0.2, -0.15) is 0 Å². The lowest BCUT2D eigenvalue weighted by Crippen LogP contribution is -2.76. The number of nitrogens with two attached hydrogens (primary N) is 1. The van der Waals surface area contributed by atoms with Gasteiger partial charge < -0.3 is 15.4 Å². The Bertz CT molecular complexity index is 623. The van der Waals surface area contributed by atoms with Crippen molar-refractivity contribution in [1.82, 2.24) is 0 Å². The smallest absolute Gasteiger partial charge is 0.247 e. The standard InChI is InChI=1S/C17H23FN2O2.ClH/c1-4-22-14-10-17(19,16(14,2)3)15(21)20-8-7-11-5-6-12(18)9-13(11)20;/h5-6,9,14H,4,7-8,10,19H2,1-3H3;1H. The molecule has 1 aromatic rings. The summed E-state index contributed by atoms with van der Waals surface area (Å²) in [6, 6.07) is 4.61. The first-order chi connectivity index (χ1) is 10.3. The summed E-state index contributed by atoms with van der Waals surface area (Å²) < 4.78 is 19.2. The largest absolute Gasteiger partial charge is 0.378 e. The van der Waals surface area contributed by atoms with Crippen LogP contribution in [0.3, 0.4) is 0 Å². The number of nitrogens with zero attached hydrogens (tertiary/aromatic N) is 1. The first-order valence-electron chi connectivity index (χ1n) is 7.82. The highest BCUT2D eigenvalue weighted by molar-refractivity contribution is 6.03. The van der Waals surface area contributed by atoms with Gasteiger partial charge in [-0.25, -0.2) is 4.39 Å². The highest BCUT2D eigenvalue weighted by Gasteiger charge is 2.64. The van der Waals surface area contributed by atoms with Gasteiger partial charge in [0.25, 0.3) is 0 Å². The van der Waals surface area contributed by atoms with Crippen LogP contribution in [-0.2, 0) is 16.0 Å². The highest BCUT2D eigenvalue weighted by Crippen LogP contribution is 2.51. The fourth-order valence-corrected chi connectivity index (χ4v) is 3.60. The molecule has 4 nitrogen and oxygen atoms in total. The van der Waals surface area contributed by atoms with Crippen LogP contribution < -0.4 is 10.6 Å². The summed E-state index contributed by atoms with van der Waals surface area (Å²) in [5.41, 5.74) is 6.72. The van der Waals surface area contributed by atoms with E-state index in [1.165, 1.54) is 12.1 Å². The summed E-state index contributed by atoms with van der Waals surface area (Å²) >= 11 is 0. The Balaban J connectivity index is 0.00000192. The zero-order chi connectivity index (χ0) is 16.1. The molecule has 1 aromatic carbocycles. The van der Waals surface area contributed by atoms with Crippen molar-refractivity contribution in [3.63, 3.8) is 0 Å². The molecule has 0 bridgehead atoms. The van der Waals surface area contributed by atoms with Crippen LogP contribution in [0.1, 0.15) is 32.8 Å². The Hall–Kier alpha value is -1.17. The van der Waals surface area contributed by atoms with E-state index in [0.717, 1.165) is 12.0 Å². The van der Waals surface area contributed by atoms with Crippen LogP contribution in [0.25, 0.3) is 0 Å². The van der Waals surface area contributed by atoms with Gasteiger partial charge in [0.1, 0.15) is 11.4 Å². The van der Waals surface area contributed by atoms with Crippen LogP contribution in [0.2, 0.25) is 0 Å². The molecule has 23 heavy (non-hydrogen) atoms. The molecule has 1 fully saturated rings. The van der Waals surface area contributed by atoms with Gasteiger partial charge in [0.2, 0.25) is 5.91 Å². The Morgan fingerprint density at radius 3 is 2.78 bits per heavy atom. The Morgan fingerprint density at radius 1 is 1.48 bits per heavy atom. The molecule has 2 aliphatic rings. The van der Waals surface area contributed by atoms with E-state index in [0.29, 0.717) is 25.3 Å². The molecule has 1 heterocycles. The van der Waals surface area contributed by atoms with Crippen molar-refractivity contribution in [1.29, 1.82) is 0 Å². The van der Waals surface area contributed by atoms with E-state index < -0.39 is 11.0 Å². The molecular weight excluding hydrogens is 319 g/mol. The molecule has 0 aromatic heterocycles. The SMILES string of the molecule is CCOC1CC(N)(C(=O)N2CCc3ccc(F)cc32)C1(C)C.Cl. The molecular formula is C17H24ClFN2O2. The molecule has 0 radical (unpaired) electrons. The van der Waals surface area contributed by atoms with Crippen molar-refractivity contribution in [2.45, 2.75) is 45.3 Å². The van der Waals surface area contributed by atoms with E-state index in [-0.39, 0.29) is 30.2 Å². The van der Waals surface area contributed by atoms with Gasteiger partial charge in [-0.15, -0.1) is 12.4 Å². The van der Waals surface area contributed by atoms with Crippen LogP contribution in [0, 0.1) is 11.2 Å². The summed E-state index contributed by atoms with van der Waals surface area (Å²) in [6.07, 6.45) is 1.24. The summed E-state index contributed by atoms with van der Waals surface area (Å²) in [7, 11) is 0. The van der Waals surface area contributed by atoms with Gasteiger partial charge in [0.15, 0.2) is 0 Å². The average Bonchev–Trinajstić information content (AvgIpc) is 2.88. The second-order valence-corrected chi connectivity index (χ2v) is 6.82. The number of halogens is 2. The minimum Gasteiger partial charge on any atom is -0.378 e. The third kappa shape index (κ3) is 2.55. The Morgan fingerprint density at radius 2 is 2.17 bits per heavy atom. The van der Waals surface area contributed by atoms with E-state index in [2.05, 4.69) is 0 Å². The zero-order valence-corrected chi connectivity index (χ0v) is 14.6. The highest BCUT2D eigenvalue weighted by atomic mass is 35.5. The first-order valence-corrected chi connectivity index (χ1v) is 7.82. The molecule has 3 rings (SSSR count). The predicted molar refractivity (Wildman–Crippen MR) is 90.4 cm³/mol. The second-order valence-electron chi connectivity index (χ2n) is 6.82. The van der Waals surface area contributed by atoms with Crippen LogP contribution in [0.5, 0.6) is 0 Å². The topological polar surface area (TPSA) is 55.6 Å². The molecule has 0 saturated heterocycles. The van der Waals surface area contributed by atoms with Crippen molar-refractivity contribution >= 4 is 24.0 Å². The summed E-state index contributed by atoms with van der Waals surface area (Å²) in [5, 5.41) is 0. The van der Waals surface area contributed by atoms with Crippen molar-refractivity contribution in [3.8, 4) is 0 Å². The second kappa shape index (κ2) is 6.04. The van der Waals surface area contributed by atoms with Gasteiger partial charge in [-0.05, 0) is 31.0 Å². The number of amides is 1. The molecule has 1 amide bonds. The average molecular weight is 343 g/mol. The van der Waals surface area contributed by atoms with Crippen molar-refractivity contribution in [3.05, 3.63) is 29.6 Å². The molecule has 2 N–H and O–H groups in total. The fraction of sp³-hybridized carbons (Fsp3) is 0.588. The molecule has 1 aliphatic heterocycles. The van der Waals surface area contributed by atoms with E-state index in [1.807, 2.05) is 20.8 Å². The number of ether oxygens (including phenoxy) is 1. The zero-order valence-electron chi connectivity index (χ0n) is 13.8. The normalized spacial score (nSPS) is 27.9. The Labute approximate surface area is 142 Å². The van der Waals surface area contributed by atoms with Gasteiger partial charge in [-0.3, -0.25) is 4.79 Å². The minimum atomic E-state index is -0.958. The van der Waals surface area contributed by atoms with Gasteiger partial charge >= 0.3 is 0 Å². The quantitative estimate of drug-likeness (QED) is 0.918. The van der Waals surface area contributed by atoms with E-state index in [9.17, 15) is 9.18 Å². The molecule has 6 heteroatoms. The van der Waals surface area contributed by atoms with Gasteiger partial charge in [0.05, 0.1) is 6.10 Å². The van der Waals surface area contributed by atoms with Crippen LogP contribution >= 0.6 is 12.4 Å². The molecule has 1 aliphatic carbocycles. The van der Waals surface area contributed by atoms with Crippen LogP contribution in [0.15, 0.2) is 18.2 Å². The summed E-state index contributed by atoms with van der Waals surface area (Å²) in [6.45, 7) is 7.05. The number of rotatable bonds is 3. The first kappa shape index (κ1) is 18.2. The van der Waals surface area contributed by atoms with Crippen LogP contribution in [0.4, 0.5) is 10.1 Å². The van der Waals surface area contributed by atoms with E-state index in [1.54, 1.807) is 11.0 Å². The van der Waals surface area contributed by atoms with Crippen LogP contribution in [-0.4, -0.2) is 30.7 Å². The summed E-state index contributed by atoms with van der Waals surface area (Å²) in [5.74, 6) is -0.456. The summed E-state index contributed by atoms with van der Waals surface area (Å²) in [4.78, 5) is 14.7. The third-order valence-corrected chi connectivity index (χ3v) is 5.40. The monoisotopic (exact) mass is 342 g/mol. The number of benzene rings is 1. The number of anilines is 1. The van der Waals surface area contributed by atoms with Crippen molar-refractivity contribution in [2.24, 2.45) is 11.1 Å².